The number of aliphatic carboxylic acids is 1. The number of likely N-dealkylation sites (N-methyl/N-ethyl adjacent to an activating group) is 1. The lowest BCUT2D eigenvalue weighted by Gasteiger charge is -2.22. The number of methoxy groups -OCH3 is 1. The number of ether oxygens (including phenoxy) is 1. The molecular formula is C35H36N4O6. The van der Waals surface area contributed by atoms with Crippen LogP contribution in [0.4, 0.5) is 21.9 Å². The first kappa shape index (κ1) is 32.3. The smallest absolute Gasteiger partial charge is 0.326 e. The molecule has 0 heterocycles. The summed E-state index contributed by atoms with van der Waals surface area (Å²) >= 11 is 0. The van der Waals surface area contributed by atoms with Crippen molar-refractivity contribution in [1.29, 1.82) is 0 Å². The number of carboxylic acid groups (broad SMARTS) is 1. The lowest BCUT2D eigenvalue weighted by Crippen LogP contribution is -2.32. The molecule has 10 nitrogen and oxygen atoms in total. The lowest BCUT2D eigenvalue weighted by atomic mass is 10.0. The standard InChI is InChI=1S/C35H36N4O6/c1-23-11-8-9-16-30(23)39(3)35(44)37-28-18-17-24(19-31(28)45-4)20-32(40)38(2)27-15-10-14-26(21-27)29(22-33(41)42)36-34(43)25-12-6-5-7-13-25/h5-19,21,29H,20,22H2,1-4H3,(H,36,43)(H,37,44)(H,41,42). The number of benzene rings is 4. The second kappa shape index (κ2) is 14.7. The van der Waals surface area contributed by atoms with Gasteiger partial charge in [0, 0.05) is 31.0 Å². The van der Waals surface area contributed by atoms with Crippen LogP contribution in [0.25, 0.3) is 0 Å². The zero-order valence-electron chi connectivity index (χ0n) is 25.6. The minimum atomic E-state index is -1.07. The zero-order valence-corrected chi connectivity index (χ0v) is 25.6. The molecule has 0 aliphatic carbocycles. The summed E-state index contributed by atoms with van der Waals surface area (Å²) in [5.41, 5.74) is 4.37. The molecule has 4 aromatic carbocycles. The Hall–Kier alpha value is -5.64. The molecule has 4 aromatic rings. The Morgan fingerprint density at radius 3 is 2.24 bits per heavy atom. The number of aryl methyl sites for hydroxylation is 1. The highest BCUT2D eigenvalue weighted by atomic mass is 16.5. The molecule has 4 rings (SSSR count). The number of rotatable bonds is 11. The summed E-state index contributed by atoms with van der Waals surface area (Å²) < 4.78 is 5.52. The maximum absolute atomic E-state index is 13.3. The summed E-state index contributed by atoms with van der Waals surface area (Å²) in [6.07, 6.45) is -0.291. The number of hydrogen-bond acceptors (Lipinski definition) is 5. The van der Waals surface area contributed by atoms with Crippen LogP contribution in [-0.2, 0) is 16.0 Å². The molecule has 45 heavy (non-hydrogen) atoms. The second-order valence-corrected chi connectivity index (χ2v) is 10.5. The van der Waals surface area contributed by atoms with Crippen LogP contribution >= 0.6 is 0 Å². The van der Waals surface area contributed by atoms with Crippen molar-refractivity contribution in [1.82, 2.24) is 5.32 Å². The Bertz CT molecular complexity index is 1690. The third kappa shape index (κ3) is 8.26. The number of carboxylic acids is 1. The molecule has 0 fully saturated rings. The predicted molar refractivity (Wildman–Crippen MR) is 174 cm³/mol. The van der Waals surface area contributed by atoms with E-state index in [9.17, 15) is 24.3 Å². The molecule has 0 aliphatic rings. The van der Waals surface area contributed by atoms with E-state index in [4.69, 9.17) is 4.74 Å². The van der Waals surface area contributed by atoms with Gasteiger partial charge < -0.3 is 25.4 Å². The Balaban J connectivity index is 1.46. The van der Waals surface area contributed by atoms with Gasteiger partial charge in [0.15, 0.2) is 0 Å². The van der Waals surface area contributed by atoms with Crippen LogP contribution in [-0.4, -0.2) is 50.1 Å². The number of amides is 4. The van der Waals surface area contributed by atoms with Crippen LogP contribution < -0.4 is 25.2 Å². The summed E-state index contributed by atoms with van der Waals surface area (Å²) in [4.78, 5) is 53.7. The van der Waals surface area contributed by atoms with Gasteiger partial charge in [-0.1, -0.05) is 54.6 Å². The summed E-state index contributed by atoms with van der Waals surface area (Å²) in [6, 6.07) is 27.0. The Labute approximate surface area is 262 Å². The third-order valence-electron chi connectivity index (χ3n) is 7.40. The number of carbonyl (C=O) groups excluding carboxylic acids is 3. The first-order chi connectivity index (χ1) is 21.6. The van der Waals surface area contributed by atoms with E-state index in [1.54, 1.807) is 86.9 Å². The molecule has 0 aliphatic heterocycles. The van der Waals surface area contributed by atoms with E-state index in [0.29, 0.717) is 33.8 Å². The van der Waals surface area contributed by atoms with Crippen molar-refractivity contribution in [2.45, 2.75) is 25.8 Å². The van der Waals surface area contributed by atoms with Crippen molar-refractivity contribution in [2.24, 2.45) is 0 Å². The number of carbonyl (C=O) groups is 4. The van der Waals surface area contributed by atoms with E-state index < -0.39 is 17.9 Å². The van der Waals surface area contributed by atoms with Crippen LogP contribution in [0.15, 0.2) is 97.1 Å². The highest BCUT2D eigenvalue weighted by Crippen LogP contribution is 2.28. The summed E-state index contributed by atoms with van der Waals surface area (Å²) in [7, 11) is 4.80. The Morgan fingerprint density at radius 1 is 0.844 bits per heavy atom. The predicted octanol–water partition coefficient (Wildman–Crippen LogP) is 5.82. The van der Waals surface area contributed by atoms with Gasteiger partial charge in [0.2, 0.25) is 5.91 Å². The van der Waals surface area contributed by atoms with Gasteiger partial charge in [0.1, 0.15) is 5.75 Å². The molecule has 10 heteroatoms. The highest BCUT2D eigenvalue weighted by Gasteiger charge is 2.21. The van der Waals surface area contributed by atoms with Gasteiger partial charge >= 0.3 is 12.0 Å². The molecule has 1 unspecified atom stereocenters. The fraction of sp³-hybridized carbons (Fsp3) is 0.200. The average molecular weight is 609 g/mol. The summed E-state index contributed by atoms with van der Waals surface area (Å²) in [5, 5.41) is 15.2. The van der Waals surface area contributed by atoms with Gasteiger partial charge in [-0.2, -0.15) is 0 Å². The minimum Gasteiger partial charge on any atom is -0.495 e. The second-order valence-electron chi connectivity index (χ2n) is 10.5. The van der Waals surface area contributed by atoms with Gasteiger partial charge in [-0.25, -0.2) is 4.79 Å². The van der Waals surface area contributed by atoms with Gasteiger partial charge in [-0.15, -0.1) is 0 Å². The molecular weight excluding hydrogens is 572 g/mol. The van der Waals surface area contributed by atoms with Crippen molar-refractivity contribution in [3.63, 3.8) is 0 Å². The molecule has 0 radical (unpaired) electrons. The SMILES string of the molecule is COc1cc(CC(=O)N(C)c2cccc(C(CC(=O)O)NC(=O)c3ccccc3)c2)ccc1NC(=O)N(C)c1ccccc1C. The largest absolute Gasteiger partial charge is 0.495 e. The van der Waals surface area contributed by atoms with E-state index in [2.05, 4.69) is 10.6 Å². The van der Waals surface area contributed by atoms with Gasteiger partial charge in [-0.3, -0.25) is 19.3 Å². The zero-order chi connectivity index (χ0) is 32.5. The van der Waals surface area contributed by atoms with Crippen LogP contribution in [0.5, 0.6) is 5.75 Å². The highest BCUT2D eigenvalue weighted by molar-refractivity contribution is 6.02. The van der Waals surface area contributed by atoms with Gasteiger partial charge in [0.25, 0.3) is 5.91 Å². The maximum atomic E-state index is 13.3. The topological polar surface area (TPSA) is 128 Å². The molecule has 3 N–H and O–H groups in total. The third-order valence-corrected chi connectivity index (χ3v) is 7.40. The van der Waals surface area contributed by atoms with Crippen molar-refractivity contribution in [3.8, 4) is 5.75 Å². The van der Waals surface area contributed by atoms with Crippen LogP contribution in [0.3, 0.4) is 0 Å². The van der Waals surface area contributed by atoms with E-state index in [0.717, 1.165) is 11.3 Å². The van der Waals surface area contributed by atoms with Crippen LogP contribution in [0.1, 0.15) is 39.5 Å². The van der Waals surface area contributed by atoms with Crippen molar-refractivity contribution in [2.75, 3.05) is 36.3 Å². The quantitative estimate of drug-likeness (QED) is 0.197. The van der Waals surface area contributed by atoms with E-state index >= 15 is 0 Å². The molecule has 1 atom stereocenters. The molecule has 0 saturated heterocycles. The first-order valence-corrected chi connectivity index (χ1v) is 14.3. The Kier molecular flexibility index (Phi) is 10.5. The number of urea groups is 1. The lowest BCUT2D eigenvalue weighted by molar-refractivity contribution is -0.137. The molecule has 232 valence electrons. The normalized spacial score (nSPS) is 11.2. The van der Waals surface area contributed by atoms with E-state index in [1.807, 2.05) is 31.2 Å². The molecule has 0 saturated carbocycles. The number of hydrogen-bond donors (Lipinski definition) is 3. The number of para-hydroxylation sites is 1. The fourth-order valence-corrected chi connectivity index (χ4v) is 4.84. The minimum absolute atomic E-state index is 0.0394. The average Bonchev–Trinajstić information content (AvgIpc) is 3.04. The molecule has 0 aromatic heterocycles. The van der Waals surface area contributed by atoms with Gasteiger partial charge in [-0.05, 0) is 66.1 Å². The van der Waals surface area contributed by atoms with Crippen molar-refractivity contribution >= 4 is 40.9 Å². The summed E-state index contributed by atoms with van der Waals surface area (Å²) in [6.45, 7) is 1.93. The number of nitrogens with zero attached hydrogens (tertiary/aromatic N) is 2. The van der Waals surface area contributed by atoms with Crippen molar-refractivity contribution < 1.29 is 29.0 Å². The fourth-order valence-electron chi connectivity index (χ4n) is 4.84. The van der Waals surface area contributed by atoms with Crippen molar-refractivity contribution in [3.05, 3.63) is 119 Å². The Morgan fingerprint density at radius 2 is 1.56 bits per heavy atom. The van der Waals surface area contributed by atoms with Crippen LogP contribution in [0.2, 0.25) is 0 Å². The van der Waals surface area contributed by atoms with E-state index in [1.165, 1.54) is 16.9 Å². The van der Waals surface area contributed by atoms with Gasteiger partial charge in [0.05, 0.1) is 31.7 Å². The van der Waals surface area contributed by atoms with Crippen LogP contribution in [0, 0.1) is 6.92 Å². The molecule has 4 amide bonds. The number of nitrogens with one attached hydrogen (secondary N) is 2. The first-order valence-electron chi connectivity index (χ1n) is 14.3. The monoisotopic (exact) mass is 608 g/mol. The molecule has 0 bridgehead atoms. The molecule has 0 spiro atoms. The van der Waals surface area contributed by atoms with E-state index in [-0.39, 0.29) is 24.8 Å². The number of anilines is 3. The summed E-state index contributed by atoms with van der Waals surface area (Å²) in [5.74, 6) is -1.29. The maximum Gasteiger partial charge on any atom is 0.326 e.